The lowest BCUT2D eigenvalue weighted by molar-refractivity contribution is -0.112. The van der Waals surface area contributed by atoms with Crippen LogP contribution in [0.1, 0.15) is 98.2 Å². The Morgan fingerprint density at radius 3 is 1.90 bits per heavy atom. The van der Waals surface area contributed by atoms with Crippen LogP contribution in [0.25, 0.3) is 11.1 Å². The van der Waals surface area contributed by atoms with Gasteiger partial charge in [0.1, 0.15) is 0 Å². The number of hydrogen-bond donors (Lipinski definition) is 3. The summed E-state index contributed by atoms with van der Waals surface area (Å²) in [6, 6.07) is 18.3. The molecule has 1 aliphatic carbocycles. The lowest BCUT2D eigenvalue weighted by atomic mass is 9.99. The summed E-state index contributed by atoms with van der Waals surface area (Å²) in [5.41, 5.74) is 5.38. The van der Waals surface area contributed by atoms with Gasteiger partial charge in [-0.15, -0.1) is 0 Å². The van der Waals surface area contributed by atoms with Gasteiger partial charge >= 0.3 is 0 Å². The van der Waals surface area contributed by atoms with Crippen molar-refractivity contribution < 1.29 is 14.2 Å². The van der Waals surface area contributed by atoms with Gasteiger partial charge in [0.05, 0.1) is 0 Å². The maximum Gasteiger partial charge on any atom is 0.283 e. The van der Waals surface area contributed by atoms with Crippen LogP contribution >= 0.6 is 0 Å². The molecule has 3 N–H and O–H groups in total. The van der Waals surface area contributed by atoms with Crippen molar-refractivity contribution in [1.29, 1.82) is 0 Å². The summed E-state index contributed by atoms with van der Waals surface area (Å²) in [7, 11) is 4.81. The SMILES string of the molecule is C=CC(=O)Nc1ccc(-c2ccc(C(C)C)cc2)cc1.CC.CC.O=CNc1cc(C2CC2)[nH]n1.[B]OC(C)(C)C. The van der Waals surface area contributed by atoms with Crippen LogP contribution in [0, 0.1) is 0 Å². The summed E-state index contributed by atoms with van der Waals surface area (Å²) in [6.07, 6.45) is 4.37. The summed E-state index contributed by atoms with van der Waals surface area (Å²) in [5, 5.41) is 12.0. The van der Waals surface area contributed by atoms with Crippen LogP contribution in [0.2, 0.25) is 0 Å². The predicted molar refractivity (Wildman–Crippen MR) is 174 cm³/mol. The number of rotatable bonds is 7. The Hall–Kier alpha value is -3.65. The van der Waals surface area contributed by atoms with Crippen LogP contribution in [0.4, 0.5) is 11.5 Å². The summed E-state index contributed by atoms with van der Waals surface area (Å²) in [4.78, 5) is 21.2. The molecule has 7 nitrogen and oxygen atoms in total. The Morgan fingerprint density at radius 2 is 1.51 bits per heavy atom. The zero-order valence-corrected chi connectivity index (χ0v) is 26.4. The molecule has 0 aliphatic heterocycles. The molecule has 4 rings (SSSR count). The zero-order valence-electron chi connectivity index (χ0n) is 26.4. The largest absolute Gasteiger partial charge is 0.443 e. The van der Waals surface area contributed by atoms with Crippen LogP contribution < -0.4 is 10.6 Å². The number of aromatic amines is 1. The van der Waals surface area contributed by atoms with Crippen molar-refractivity contribution in [2.45, 2.75) is 92.6 Å². The number of amides is 2. The Balaban J connectivity index is 0.000000638. The second-order valence-corrected chi connectivity index (χ2v) is 10.0. The molecule has 1 heterocycles. The van der Waals surface area contributed by atoms with Gasteiger partial charge in [0.25, 0.3) is 8.05 Å². The molecule has 1 saturated carbocycles. The van der Waals surface area contributed by atoms with Crippen LogP contribution in [-0.4, -0.2) is 36.2 Å². The predicted octanol–water partition coefficient (Wildman–Crippen LogP) is 8.39. The van der Waals surface area contributed by atoms with Crippen LogP contribution in [0.3, 0.4) is 0 Å². The highest BCUT2D eigenvalue weighted by molar-refractivity contribution is 5.99. The molecule has 2 aromatic carbocycles. The molecule has 41 heavy (non-hydrogen) atoms. The van der Waals surface area contributed by atoms with Crippen LogP contribution in [0.5, 0.6) is 0 Å². The molecule has 1 fully saturated rings. The van der Waals surface area contributed by atoms with E-state index in [0.29, 0.717) is 24.1 Å². The van der Waals surface area contributed by atoms with Gasteiger partial charge < -0.3 is 15.3 Å². The van der Waals surface area contributed by atoms with E-state index in [9.17, 15) is 9.59 Å². The van der Waals surface area contributed by atoms with Gasteiger partial charge in [0, 0.05) is 29.0 Å². The first-order valence-corrected chi connectivity index (χ1v) is 14.3. The zero-order chi connectivity index (χ0) is 31.4. The molecule has 8 heteroatoms. The van der Waals surface area contributed by atoms with E-state index in [0.717, 1.165) is 16.9 Å². The van der Waals surface area contributed by atoms with Gasteiger partial charge in [-0.1, -0.05) is 84.5 Å². The number of nitrogens with one attached hydrogen (secondary N) is 3. The second kappa shape index (κ2) is 20.3. The van der Waals surface area contributed by atoms with Gasteiger partial charge in [-0.25, -0.2) is 0 Å². The van der Waals surface area contributed by atoms with Crippen LogP contribution in [-0.2, 0) is 14.2 Å². The maximum atomic E-state index is 11.2. The highest BCUT2D eigenvalue weighted by Crippen LogP contribution is 2.39. The minimum Gasteiger partial charge on any atom is -0.443 e. The Kier molecular flexibility index (Phi) is 18.5. The standard InChI is InChI=1S/C18H19NO.C7H9N3O.C4H9BO.2C2H6/c1-4-18(20)19-17-11-9-16(10-12-17)15-7-5-14(6-8-15)13(2)3;11-4-8-7-3-6(9-10-7)5-1-2-5;1-4(2,3)6-5;2*1-2/h4-13H,1H2,2-3H3,(H,19,20);3-5H,1-2H2,(H2,8,9,10,11);1-3H3;2*1-2H3. The molecule has 0 spiro atoms. The third kappa shape index (κ3) is 15.7. The van der Waals surface area contributed by atoms with Gasteiger partial charge in [-0.3, -0.25) is 14.7 Å². The first kappa shape index (κ1) is 37.4. The molecule has 1 aliphatic rings. The summed E-state index contributed by atoms with van der Waals surface area (Å²) in [5.74, 6) is 1.62. The fraction of sp³-hybridized carbons (Fsp3) is 0.424. The van der Waals surface area contributed by atoms with Gasteiger partial charge in [-0.2, -0.15) is 5.10 Å². The number of aromatic nitrogens is 2. The number of nitrogens with zero attached hydrogens (tertiary/aromatic N) is 1. The molecular weight excluding hydrogens is 511 g/mol. The van der Waals surface area contributed by atoms with E-state index in [2.05, 4.69) is 70.2 Å². The van der Waals surface area contributed by atoms with Crippen molar-refractivity contribution in [2.24, 2.45) is 0 Å². The fourth-order valence-corrected chi connectivity index (χ4v) is 3.07. The van der Waals surface area contributed by atoms with E-state index in [-0.39, 0.29) is 11.5 Å². The molecule has 0 unspecified atom stereocenters. The summed E-state index contributed by atoms with van der Waals surface area (Å²) < 4.78 is 4.44. The van der Waals surface area contributed by atoms with Crippen molar-refractivity contribution in [3.8, 4) is 11.1 Å². The van der Waals surface area contributed by atoms with Crippen molar-refractivity contribution in [2.75, 3.05) is 10.6 Å². The van der Waals surface area contributed by atoms with E-state index >= 15 is 0 Å². The Bertz CT molecular complexity index is 1130. The van der Waals surface area contributed by atoms with Crippen molar-refractivity contribution in [3.05, 3.63) is 78.5 Å². The number of carbonyl (C=O) groups excluding carboxylic acids is 2. The average Bonchev–Trinajstić information content (AvgIpc) is 3.74. The summed E-state index contributed by atoms with van der Waals surface area (Å²) >= 11 is 0. The van der Waals surface area contributed by atoms with Crippen molar-refractivity contribution >= 4 is 31.9 Å². The number of anilines is 2. The topological polar surface area (TPSA) is 96.1 Å². The van der Waals surface area contributed by atoms with E-state index in [1.54, 1.807) is 0 Å². The minimum absolute atomic E-state index is 0.181. The van der Waals surface area contributed by atoms with E-state index in [1.807, 2.05) is 78.8 Å². The highest BCUT2D eigenvalue weighted by Gasteiger charge is 2.25. The molecule has 3 aromatic rings. The lowest BCUT2D eigenvalue weighted by Crippen LogP contribution is -2.16. The molecule has 1 aromatic heterocycles. The number of benzene rings is 2. The van der Waals surface area contributed by atoms with Gasteiger partial charge in [0.2, 0.25) is 12.3 Å². The molecule has 2 amide bonds. The van der Waals surface area contributed by atoms with E-state index < -0.39 is 0 Å². The van der Waals surface area contributed by atoms with Crippen molar-refractivity contribution in [3.63, 3.8) is 0 Å². The number of carbonyl (C=O) groups is 2. The molecule has 222 valence electrons. The smallest absolute Gasteiger partial charge is 0.283 e. The monoisotopic (exact) mass is 560 g/mol. The third-order valence-electron chi connectivity index (χ3n) is 5.42. The van der Waals surface area contributed by atoms with Gasteiger partial charge in [0.15, 0.2) is 5.82 Å². The van der Waals surface area contributed by atoms with Crippen molar-refractivity contribution in [1.82, 2.24) is 10.2 Å². The Morgan fingerprint density at radius 1 is 1.02 bits per heavy atom. The third-order valence-corrected chi connectivity index (χ3v) is 5.42. The second-order valence-electron chi connectivity index (χ2n) is 10.0. The molecular formula is C33H49BN4O3. The molecule has 0 atom stereocenters. The lowest BCUT2D eigenvalue weighted by Gasteiger charge is -2.15. The molecule has 0 bridgehead atoms. The maximum absolute atomic E-state index is 11.2. The minimum atomic E-state index is -0.195. The normalized spacial score (nSPS) is 11.5. The molecule has 0 saturated heterocycles. The average molecular weight is 561 g/mol. The fourth-order valence-electron chi connectivity index (χ4n) is 3.07. The van der Waals surface area contributed by atoms with Crippen LogP contribution in [0.15, 0.2) is 67.3 Å². The first-order chi connectivity index (χ1) is 19.6. The highest BCUT2D eigenvalue weighted by atomic mass is 16.4. The summed E-state index contributed by atoms with van der Waals surface area (Å²) in [6.45, 7) is 21.5. The van der Waals surface area contributed by atoms with E-state index in [1.165, 1.54) is 30.0 Å². The number of hydrogen-bond acceptors (Lipinski definition) is 4. The quantitative estimate of drug-likeness (QED) is 0.154. The van der Waals surface area contributed by atoms with E-state index in [4.69, 9.17) is 8.05 Å². The first-order valence-electron chi connectivity index (χ1n) is 14.3. The van der Waals surface area contributed by atoms with Gasteiger partial charge in [-0.05, 0) is 74.4 Å². The Labute approximate surface area is 249 Å². The number of H-pyrrole nitrogens is 1. The molecule has 2 radical (unpaired) electrons.